The van der Waals surface area contributed by atoms with Crippen LogP contribution in [-0.4, -0.2) is 10.2 Å². The Morgan fingerprint density at radius 2 is 1.83 bits per heavy atom. The first-order valence-corrected chi connectivity index (χ1v) is 5.91. The van der Waals surface area contributed by atoms with Crippen LogP contribution < -0.4 is 5.32 Å². The van der Waals surface area contributed by atoms with Crippen LogP contribution >= 0.6 is 0 Å². The zero-order valence-corrected chi connectivity index (χ0v) is 10.5. The summed E-state index contributed by atoms with van der Waals surface area (Å²) in [5.41, 5.74) is 2.69. The van der Waals surface area contributed by atoms with Gasteiger partial charge < -0.3 is 15.5 Å². The normalized spacial score (nSPS) is 12.1. The van der Waals surface area contributed by atoms with Crippen LogP contribution in [0.5, 0.6) is 11.5 Å². The Bertz CT molecular complexity index is 552. The summed E-state index contributed by atoms with van der Waals surface area (Å²) in [7, 11) is 0. The lowest BCUT2D eigenvalue weighted by atomic mass is 10.0. The van der Waals surface area contributed by atoms with Crippen molar-refractivity contribution in [2.24, 2.45) is 0 Å². The fourth-order valence-corrected chi connectivity index (χ4v) is 1.94. The summed E-state index contributed by atoms with van der Waals surface area (Å²) in [4.78, 5) is 0. The van der Waals surface area contributed by atoms with Crippen molar-refractivity contribution in [3.63, 3.8) is 0 Å². The Balaban J connectivity index is 2.19. The molecule has 2 aromatic rings. The molecule has 0 aliphatic rings. The van der Waals surface area contributed by atoms with Crippen LogP contribution in [-0.2, 0) is 0 Å². The number of aromatic hydroxyl groups is 2. The van der Waals surface area contributed by atoms with Gasteiger partial charge in [-0.05, 0) is 37.6 Å². The van der Waals surface area contributed by atoms with Crippen molar-refractivity contribution in [3.05, 3.63) is 53.6 Å². The third kappa shape index (κ3) is 2.74. The summed E-state index contributed by atoms with van der Waals surface area (Å²) >= 11 is 0. The second-order valence-corrected chi connectivity index (χ2v) is 4.48. The van der Waals surface area contributed by atoms with E-state index in [-0.39, 0.29) is 17.5 Å². The molecule has 3 nitrogen and oxygen atoms in total. The lowest BCUT2D eigenvalue weighted by molar-refractivity contribution is 0.465. The van der Waals surface area contributed by atoms with Crippen LogP contribution in [0, 0.1) is 6.92 Å². The topological polar surface area (TPSA) is 52.5 Å². The van der Waals surface area contributed by atoms with Gasteiger partial charge in [0, 0.05) is 17.3 Å². The predicted octanol–water partition coefficient (Wildman–Crippen LogP) is 3.58. The van der Waals surface area contributed by atoms with Gasteiger partial charge in [0.1, 0.15) is 11.5 Å². The summed E-state index contributed by atoms with van der Waals surface area (Å²) < 4.78 is 0. The third-order valence-corrected chi connectivity index (χ3v) is 2.88. The maximum absolute atomic E-state index is 9.90. The van der Waals surface area contributed by atoms with E-state index in [1.54, 1.807) is 24.3 Å². The minimum atomic E-state index is -0.0348. The molecule has 18 heavy (non-hydrogen) atoms. The molecule has 94 valence electrons. The number of aryl methyl sites for hydroxylation is 1. The van der Waals surface area contributed by atoms with Gasteiger partial charge in [-0.2, -0.15) is 0 Å². The highest BCUT2D eigenvalue weighted by Crippen LogP contribution is 2.28. The number of anilines is 1. The Hall–Kier alpha value is -2.16. The van der Waals surface area contributed by atoms with Crippen LogP contribution in [0.4, 0.5) is 5.69 Å². The van der Waals surface area contributed by atoms with E-state index in [4.69, 9.17) is 0 Å². The molecule has 0 aliphatic carbocycles. The zero-order valence-electron chi connectivity index (χ0n) is 10.5. The molecule has 0 heterocycles. The lowest BCUT2D eigenvalue weighted by Gasteiger charge is -2.17. The molecule has 0 aromatic heterocycles. The molecule has 0 saturated carbocycles. The van der Waals surface area contributed by atoms with Gasteiger partial charge in [0.05, 0.1) is 6.04 Å². The Labute approximate surface area is 107 Å². The molecule has 3 N–H and O–H groups in total. The molecule has 0 aliphatic heterocycles. The van der Waals surface area contributed by atoms with Crippen LogP contribution in [0.25, 0.3) is 0 Å². The zero-order chi connectivity index (χ0) is 13.1. The van der Waals surface area contributed by atoms with Crippen LogP contribution in [0.2, 0.25) is 0 Å². The van der Waals surface area contributed by atoms with E-state index in [1.165, 1.54) is 0 Å². The fourth-order valence-electron chi connectivity index (χ4n) is 1.94. The Kier molecular flexibility index (Phi) is 3.42. The maximum atomic E-state index is 9.90. The second kappa shape index (κ2) is 5.00. The molecule has 0 spiro atoms. The molecule has 3 heteroatoms. The monoisotopic (exact) mass is 243 g/mol. The molecule has 1 atom stereocenters. The van der Waals surface area contributed by atoms with E-state index in [0.717, 1.165) is 16.8 Å². The van der Waals surface area contributed by atoms with Crippen LogP contribution in [0.1, 0.15) is 24.1 Å². The van der Waals surface area contributed by atoms with Crippen LogP contribution in [0.3, 0.4) is 0 Å². The van der Waals surface area contributed by atoms with E-state index in [0.29, 0.717) is 0 Å². The third-order valence-electron chi connectivity index (χ3n) is 2.88. The van der Waals surface area contributed by atoms with Crippen molar-refractivity contribution in [2.75, 3.05) is 5.32 Å². The van der Waals surface area contributed by atoms with E-state index in [1.807, 2.05) is 32.0 Å². The molecule has 0 amide bonds. The SMILES string of the molecule is Cc1ccc(C(C)Nc2cccc(O)c2)c(O)c1. The smallest absolute Gasteiger partial charge is 0.121 e. The highest BCUT2D eigenvalue weighted by molar-refractivity contribution is 5.50. The number of phenolic OH excluding ortho intramolecular Hbond substituents is 2. The molecule has 2 aromatic carbocycles. The van der Waals surface area contributed by atoms with Crippen LogP contribution in [0.15, 0.2) is 42.5 Å². The molecule has 0 fully saturated rings. The Morgan fingerprint density at radius 1 is 1.06 bits per heavy atom. The average molecular weight is 243 g/mol. The fraction of sp³-hybridized carbons (Fsp3) is 0.200. The lowest BCUT2D eigenvalue weighted by Crippen LogP contribution is -2.06. The summed E-state index contributed by atoms with van der Waals surface area (Å²) in [6, 6.07) is 12.5. The van der Waals surface area contributed by atoms with Gasteiger partial charge in [0.15, 0.2) is 0 Å². The average Bonchev–Trinajstić information content (AvgIpc) is 2.28. The highest BCUT2D eigenvalue weighted by atomic mass is 16.3. The summed E-state index contributed by atoms with van der Waals surface area (Å²) in [6.45, 7) is 3.91. The van der Waals surface area contributed by atoms with Gasteiger partial charge in [0.2, 0.25) is 0 Å². The molecule has 0 saturated heterocycles. The molecule has 2 rings (SSSR count). The quantitative estimate of drug-likeness (QED) is 0.772. The summed E-state index contributed by atoms with van der Waals surface area (Å²) in [5.74, 6) is 0.510. The number of hydrogen-bond donors (Lipinski definition) is 3. The largest absolute Gasteiger partial charge is 0.508 e. The summed E-state index contributed by atoms with van der Waals surface area (Å²) in [5, 5.41) is 22.5. The minimum Gasteiger partial charge on any atom is -0.508 e. The van der Waals surface area contributed by atoms with Gasteiger partial charge in [-0.15, -0.1) is 0 Å². The van der Waals surface area contributed by atoms with Crippen molar-refractivity contribution < 1.29 is 10.2 Å². The molecular weight excluding hydrogens is 226 g/mol. The second-order valence-electron chi connectivity index (χ2n) is 4.48. The first-order valence-electron chi connectivity index (χ1n) is 5.91. The van der Waals surface area contributed by atoms with Gasteiger partial charge in [-0.1, -0.05) is 18.2 Å². The molecule has 0 bridgehead atoms. The van der Waals surface area contributed by atoms with E-state index < -0.39 is 0 Å². The number of benzene rings is 2. The van der Waals surface area contributed by atoms with Crippen molar-refractivity contribution >= 4 is 5.69 Å². The Morgan fingerprint density at radius 3 is 2.50 bits per heavy atom. The van der Waals surface area contributed by atoms with Crippen molar-refractivity contribution in [1.29, 1.82) is 0 Å². The van der Waals surface area contributed by atoms with Crippen molar-refractivity contribution in [1.82, 2.24) is 0 Å². The highest BCUT2D eigenvalue weighted by Gasteiger charge is 2.10. The summed E-state index contributed by atoms with van der Waals surface area (Å²) in [6.07, 6.45) is 0. The van der Waals surface area contributed by atoms with E-state index in [2.05, 4.69) is 5.32 Å². The predicted molar refractivity (Wildman–Crippen MR) is 73.0 cm³/mol. The molecule has 0 radical (unpaired) electrons. The van der Waals surface area contributed by atoms with Gasteiger partial charge >= 0.3 is 0 Å². The minimum absolute atomic E-state index is 0.0348. The molecular formula is C15H17NO2. The number of nitrogens with one attached hydrogen (secondary N) is 1. The van der Waals surface area contributed by atoms with E-state index in [9.17, 15) is 10.2 Å². The number of rotatable bonds is 3. The van der Waals surface area contributed by atoms with Crippen molar-refractivity contribution in [2.45, 2.75) is 19.9 Å². The standard InChI is InChI=1S/C15H17NO2/c1-10-6-7-14(15(18)8-10)11(2)16-12-4-3-5-13(17)9-12/h3-9,11,16-18H,1-2H3. The maximum Gasteiger partial charge on any atom is 0.121 e. The van der Waals surface area contributed by atoms with E-state index >= 15 is 0 Å². The number of hydrogen-bond acceptors (Lipinski definition) is 3. The molecule has 1 unspecified atom stereocenters. The van der Waals surface area contributed by atoms with Gasteiger partial charge in [-0.3, -0.25) is 0 Å². The first-order chi connectivity index (χ1) is 8.56. The first kappa shape index (κ1) is 12.3. The van der Waals surface area contributed by atoms with Gasteiger partial charge in [0.25, 0.3) is 0 Å². The van der Waals surface area contributed by atoms with Crippen molar-refractivity contribution in [3.8, 4) is 11.5 Å². The number of phenols is 2. The van der Waals surface area contributed by atoms with Gasteiger partial charge in [-0.25, -0.2) is 0 Å².